The minimum atomic E-state index is -5.20. The molecule has 4 N–H and O–H groups in total. The van der Waals surface area contributed by atoms with Crippen molar-refractivity contribution in [2.24, 2.45) is 0 Å². The quantitative estimate of drug-likeness (QED) is 0.470. The van der Waals surface area contributed by atoms with Gasteiger partial charge in [-0.2, -0.15) is 0 Å². The van der Waals surface area contributed by atoms with Crippen molar-refractivity contribution < 1.29 is 56.4 Å². The fraction of sp³-hybridized carbons (Fsp3) is 0. The molecule has 0 amide bonds. The Balaban J connectivity index is 2.51. The van der Waals surface area contributed by atoms with E-state index >= 15 is 0 Å². The molecule has 0 aromatic heterocycles. The fourth-order valence-electron chi connectivity index (χ4n) is 2.24. The topological polar surface area (TPSA) is 202 Å². The van der Waals surface area contributed by atoms with Gasteiger partial charge in [-0.3, -0.25) is 0 Å². The van der Waals surface area contributed by atoms with Gasteiger partial charge in [0.2, 0.25) is 0 Å². The summed E-state index contributed by atoms with van der Waals surface area (Å²) in [5, 5.41) is 36.4. The van der Waals surface area contributed by atoms with Crippen LogP contribution < -0.4 is 8.37 Å². The molecule has 0 fully saturated rings. The monoisotopic (exact) mass is 426 g/mol. The normalized spacial score (nSPS) is 10.8. The minimum absolute atomic E-state index is 0.774. The van der Waals surface area contributed by atoms with E-state index in [1.807, 2.05) is 0 Å². The summed E-state index contributed by atoms with van der Waals surface area (Å²) >= 11 is 0. The average Bonchev–Trinajstić information content (AvgIpc) is 2.59. The van der Waals surface area contributed by atoms with Gasteiger partial charge in [-0.25, -0.2) is 19.2 Å². The highest BCUT2D eigenvalue weighted by molar-refractivity contribution is 7.82. The zero-order valence-electron chi connectivity index (χ0n) is 13.9. The van der Waals surface area contributed by atoms with Crippen molar-refractivity contribution in [2.75, 3.05) is 0 Å². The largest absolute Gasteiger partial charge is 0.501 e. The molecule has 2 aromatic carbocycles. The summed E-state index contributed by atoms with van der Waals surface area (Å²) in [4.78, 5) is 44.9. The van der Waals surface area contributed by atoms with Gasteiger partial charge >= 0.3 is 34.3 Å². The third-order valence-corrected chi connectivity index (χ3v) is 4.09. The molecule has 0 aliphatic heterocycles. The van der Waals surface area contributed by atoms with Gasteiger partial charge in [0.1, 0.15) is 11.1 Å². The van der Waals surface area contributed by atoms with Crippen LogP contribution in [0.4, 0.5) is 0 Å². The number of aromatic carboxylic acids is 4. The lowest BCUT2D eigenvalue weighted by molar-refractivity contribution is 0.0648. The third kappa shape index (κ3) is 4.59. The molecule has 0 heterocycles. The van der Waals surface area contributed by atoms with E-state index in [2.05, 4.69) is 8.37 Å². The molecule has 0 spiro atoms. The number of carboxylic acid groups (broad SMARTS) is 4. The molecule has 2 aromatic rings. The first kappa shape index (κ1) is 21.2. The van der Waals surface area contributed by atoms with Crippen molar-refractivity contribution >= 4 is 34.3 Å². The van der Waals surface area contributed by atoms with Gasteiger partial charge in [-0.15, -0.1) is 8.42 Å². The second kappa shape index (κ2) is 7.85. The maximum Gasteiger partial charge on any atom is 0.501 e. The maximum absolute atomic E-state index is 12.2. The van der Waals surface area contributed by atoms with Crippen LogP contribution in [0, 0.1) is 0 Å². The van der Waals surface area contributed by atoms with Gasteiger partial charge in [-0.05, 0) is 24.3 Å². The predicted octanol–water partition coefficient (Wildman–Crippen LogP) is 1.18. The van der Waals surface area contributed by atoms with E-state index in [9.17, 15) is 37.8 Å². The zero-order valence-corrected chi connectivity index (χ0v) is 14.7. The minimum Gasteiger partial charge on any atom is -0.478 e. The molecular formula is C16H10O12S. The SMILES string of the molecule is O=C(O)c1cccc(OS(=O)(=O)Oc2cccc(C(=O)O)c2C(=O)O)c1C(=O)O. The van der Waals surface area contributed by atoms with Gasteiger partial charge in [-0.1, -0.05) is 12.1 Å². The number of hydrogen-bond acceptors (Lipinski definition) is 8. The summed E-state index contributed by atoms with van der Waals surface area (Å²) in [5.74, 6) is -8.80. The molecule has 0 bridgehead atoms. The first-order valence-corrected chi connectivity index (χ1v) is 8.61. The van der Waals surface area contributed by atoms with Gasteiger partial charge in [0.05, 0.1) is 11.1 Å². The van der Waals surface area contributed by atoms with Crippen LogP contribution in [0.5, 0.6) is 11.5 Å². The van der Waals surface area contributed by atoms with Gasteiger partial charge in [0, 0.05) is 0 Å². The van der Waals surface area contributed by atoms with E-state index in [0.717, 1.165) is 36.4 Å². The van der Waals surface area contributed by atoms with E-state index in [1.165, 1.54) is 0 Å². The number of rotatable bonds is 8. The molecule has 0 atom stereocenters. The van der Waals surface area contributed by atoms with E-state index in [-0.39, 0.29) is 0 Å². The van der Waals surface area contributed by atoms with Crippen LogP contribution in [-0.4, -0.2) is 52.7 Å². The lowest BCUT2D eigenvalue weighted by atomic mass is 10.1. The fourth-order valence-corrected chi connectivity index (χ4v) is 2.99. The molecule has 0 saturated heterocycles. The Kier molecular flexibility index (Phi) is 5.73. The highest BCUT2D eigenvalue weighted by Crippen LogP contribution is 2.28. The highest BCUT2D eigenvalue weighted by atomic mass is 32.3. The predicted molar refractivity (Wildman–Crippen MR) is 90.9 cm³/mol. The van der Waals surface area contributed by atoms with E-state index < -0.39 is 68.0 Å². The van der Waals surface area contributed by atoms with E-state index in [4.69, 9.17) is 10.2 Å². The summed E-state index contributed by atoms with van der Waals surface area (Å²) in [5.41, 5.74) is -3.54. The Morgan fingerprint density at radius 1 is 0.621 bits per heavy atom. The van der Waals surface area contributed by atoms with Crippen LogP contribution in [-0.2, 0) is 10.4 Å². The zero-order chi connectivity index (χ0) is 21.9. The van der Waals surface area contributed by atoms with Crippen LogP contribution in [0.3, 0.4) is 0 Å². The van der Waals surface area contributed by atoms with Gasteiger partial charge < -0.3 is 28.8 Å². The Bertz CT molecular complexity index is 1050. The van der Waals surface area contributed by atoms with Crippen LogP contribution in [0.25, 0.3) is 0 Å². The van der Waals surface area contributed by atoms with Crippen molar-refractivity contribution in [3.05, 3.63) is 58.7 Å². The van der Waals surface area contributed by atoms with E-state index in [0.29, 0.717) is 0 Å². The molecule has 12 nitrogen and oxygen atoms in total. The first-order chi connectivity index (χ1) is 13.4. The van der Waals surface area contributed by atoms with E-state index in [1.54, 1.807) is 0 Å². The summed E-state index contributed by atoms with van der Waals surface area (Å²) in [6, 6.07) is 5.48. The smallest absolute Gasteiger partial charge is 0.478 e. The third-order valence-electron chi connectivity index (χ3n) is 3.32. The molecular weight excluding hydrogens is 416 g/mol. The number of carboxylic acids is 4. The van der Waals surface area contributed by atoms with Crippen LogP contribution in [0.2, 0.25) is 0 Å². The molecule has 0 radical (unpaired) electrons. The molecule has 0 aliphatic carbocycles. The molecule has 152 valence electrons. The second-order valence-corrected chi connectivity index (χ2v) is 6.30. The lowest BCUT2D eigenvalue weighted by Gasteiger charge is -2.13. The van der Waals surface area contributed by atoms with Crippen LogP contribution >= 0.6 is 0 Å². The molecule has 13 heteroatoms. The Morgan fingerprint density at radius 3 is 1.24 bits per heavy atom. The molecule has 29 heavy (non-hydrogen) atoms. The van der Waals surface area contributed by atoms with Crippen molar-refractivity contribution in [3.63, 3.8) is 0 Å². The lowest BCUT2D eigenvalue weighted by Crippen LogP contribution is -2.21. The summed E-state index contributed by atoms with van der Waals surface area (Å²) < 4.78 is 33.3. The molecule has 2 rings (SSSR count). The average molecular weight is 426 g/mol. The Morgan fingerprint density at radius 2 is 0.966 bits per heavy atom. The van der Waals surface area contributed by atoms with Gasteiger partial charge in [0.25, 0.3) is 0 Å². The summed E-state index contributed by atoms with van der Waals surface area (Å²) in [6.45, 7) is 0. The van der Waals surface area contributed by atoms with Gasteiger partial charge in [0.15, 0.2) is 11.5 Å². The summed E-state index contributed by atoms with van der Waals surface area (Å²) in [7, 11) is -5.20. The van der Waals surface area contributed by atoms with Crippen molar-refractivity contribution in [3.8, 4) is 11.5 Å². The number of carbonyl (C=O) groups is 4. The standard InChI is InChI=1S/C16H10O12S/c17-13(18)7-3-1-5-9(11(7)15(21)22)27-29(25,26)28-10-6-2-4-8(14(19)20)12(10)16(23)24/h1-6H,(H,17,18)(H,19,20)(H,21,22)(H,23,24). The Hall–Kier alpha value is -4.13. The second-order valence-electron chi connectivity index (χ2n) is 5.15. The molecule has 0 unspecified atom stereocenters. The summed E-state index contributed by atoms with van der Waals surface area (Å²) in [6.07, 6.45) is 0. The van der Waals surface area contributed by atoms with Crippen LogP contribution in [0.1, 0.15) is 41.4 Å². The highest BCUT2D eigenvalue weighted by Gasteiger charge is 2.28. The number of benzene rings is 2. The maximum atomic E-state index is 12.2. The van der Waals surface area contributed by atoms with Crippen molar-refractivity contribution in [1.82, 2.24) is 0 Å². The van der Waals surface area contributed by atoms with Crippen molar-refractivity contribution in [2.45, 2.75) is 0 Å². The Labute approximate surface area is 161 Å². The molecule has 0 aliphatic rings. The molecule has 0 saturated carbocycles. The first-order valence-electron chi connectivity index (χ1n) is 7.27. The number of hydrogen-bond donors (Lipinski definition) is 4. The van der Waals surface area contributed by atoms with Crippen molar-refractivity contribution in [1.29, 1.82) is 0 Å². The van der Waals surface area contributed by atoms with Crippen LogP contribution in [0.15, 0.2) is 36.4 Å².